The van der Waals surface area contributed by atoms with Crippen LogP contribution >= 0.6 is 0 Å². The molecular weight excluding hydrogens is 250 g/mol. The van der Waals surface area contributed by atoms with Gasteiger partial charge in [-0.25, -0.2) is 8.78 Å². The second-order valence-electron chi connectivity index (χ2n) is 5.25. The Hall–Kier alpha value is -1.45. The predicted octanol–water partition coefficient (Wildman–Crippen LogP) is 3.79. The van der Waals surface area contributed by atoms with Crippen molar-refractivity contribution in [3.8, 4) is 0 Å². The summed E-state index contributed by atoms with van der Waals surface area (Å²) in [6.45, 7) is 0. The lowest BCUT2D eigenvalue weighted by Crippen LogP contribution is -2.25. The van der Waals surface area contributed by atoms with E-state index in [-0.39, 0.29) is 17.9 Å². The highest BCUT2D eigenvalue weighted by atomic mass is 19.1. The van der Waals surface area contributed by atoms with Gasteiger partial charge in [-0.05, 0) is 37.3 Å². The Balaban J connectivity index is 2.21. The predicted molar refractivity (Wildman–Crippen MR) is 67.8 cm³/mol. The van der Waals surface area contributed by atoms with Gasteiger partial charge in [0.05, 0.1) is 5.92 Å². The van der Waals surface area contributed by atoms with Gasteiger partial charge in [0, 0.05) is 5.56 Å². The summed E-state index contributed by atoms with van der Waals surface area (Å²) in [5, 5.41) is 9.26. The first-order chi connectivity index (χ1) is 9.09. The zero-order valence-corrected chi connectivity index (χ0v) is 10.7. The van der Waals surface area contributed by atoms with Crippen molar-refractivity contribution in [3.63, 3.8) is 0 Å². The van der Waals surface area contributed by atoms with Gasteiger partial charge in [0.25, 0.3) is 0 Å². The Morgan fingerprint density at radius 1 is 1.16 bits per heavy atom. The highest BCUT2D eigenvalue weighted by Crippen LogP contribution is 2.32. The molecular formula is C15H18F2O2. The van der Waals surface area contributed by atoms with Crippen LogP contribution in [0, 0.1) is 23.5 Å². The maximum Gasteiger partial charge on any atom is 0.306 e. The van der Waals surface area contributed by atoms with Gasteiger partial charge in [-0.15, -0.1) is 0 Å². The summed E-state index contributed by atoms with van der Waals surface area (Å²) in [5.41, 5.74) is 0.0284. The van der Waals surface area contributed by atoms with Crippen molar-refractivity contribution < 1.29 is 18.7 Å². The molecule has 0 radical (unpaired) electrons. The molecule has 1 aromatic carbocycles. The number of rotatable bonds is 3. The minimum Gasteiger partial charge on any atom is -0.481 e. The number of hydrogen-bond donors (Lipinski definition) is 1. The maximum atomic E-state index is 13.6. The minimum absolute atomic E-state index is 0.0284. The molecule has 0 bridgehead atoms. The van der Waals surface area contributed by atoms with Crippen molar-refractivity contribution >= 4 is 5.97 Å². The number of carboxylic acids is 1. The van der Waals surface area contributed by atoms with Crippen LogP contribution in [0.4, 0.5) is 8.78 Å². The van der Waals surface area contributed by atoms with E-state index in [2.05, 4.69) is 0 Å². The average molecular weight is 268 g/mol. The number of aliphatic carboxylic acids is 1. The summed E-state index contributed by atoms with van der Waals surface area (Å²) in [6.07, 6.45) is 4.33. The van der Waals surface area contributed by atoms with E-state index in [4.69, 9.17) is 0 Å². The summed E-state index contributed by atoms with van der Waals surface area (Å²) < 4.78 is 27.3. The molecule has 0 aromatic heterocycles. The standard InChI is InChI=1S/C15H18F2O2/c16-13-7-4-8-14(17)12(13)9-10-5-2-1-3-6-11(10)15(18)19/h4,7-8,10-11H,1-3,5-6,9H2,(H,18,19). The molecule has 2 atom stereocenters. The smallest absolute Gasteiger partial charge is 0.306 e. The van der Waals surface area contributed by atoms with Crippen molar-refractivity contribution in [2.24, 2.45) is 11.8 Å². The van der Waals surface area contributed by atoms with Crippen molar-refractivity contribution in [3.05, 3.63) is 35.4 Å². The number of halogens is 2. The first kappa shape index (κ1) is 14.0. The molecule has 0 spiro atoms. The largest absolute Gasteiger partial charge is 0.481 e. The van der Waals surface area contributed by atoms with Crippen LogP contribution < -0.4 is 0 Å². The van der Waals surface area contributed by atoms with E-state index < -0.39 is 23.5 Å². The molecule has 4 heteroatoms. The normalized spacial score (nSPS) is 23.9. The minimum atomic E-state index is -0.844. The molecule has 1 fully saturated rings. The molecule has 0 saturated heterocycles. The summed E-state index contributed by atoms with van der Waals surface area (Å²) in [7, 11) is 0. The lowest BCUT2D eigenvalue weighted by molar-refractivity contribution is -0.143. The molecule has 1 N–H and O–H groups in total. The van der Waals surface area contributed by atoms with E-state index in [1.54, 1.807) is 0 Å². The first-order valence-corrected chi connectivity index (χ1v) is 6.75. The lowest BCUT2D eigenvalue weighted by Gasteiger charge is -2.22. The molecule has 0 amide bonds. The van der Waals surface area contributed by atoms with Gasteiger partial charge in [0.1, 0.15) is 11.6 Å². The second kappa shape index (κ2) is 6.13. The Labute approximate surface area is 111 Å². The molecule has 0 aliphatic heterocycles. The van der Waals surface area contributed by atoms with Gasteiger partial charge in [0.2, 0.25) is 0 Å². The van der Waals surface area contributed by atoms with Crippen LogP contribution in [-0.4, -0.2) is 11.1 Å². The number of hydrogen-bond acceptors (Lipinski definition) is 1. The molecule has 1 aromatic rings. The highest BCUT2D eigenvalue weighted by molar-refractivity contribution is 5.70. The number of carbonyl (C=O) groups is 1. The van der Waals surface area contributed by atoms with Crippen molar-refractivity contribution in [1.29, 1.82) is 0 Å². The Kier molecular flexibility index (Phi) is 4.51. The van der Waals surface area contributed by atoms with Crippen LogP contribution in [0.5, 0.6) is 0 Å². The molecule has 2 rings (SSSR count). The molecule has 2 unspecified atom stereocenters. The number of benzene rings is 1. The Morgan fingerprint density at radius 2 is 1.79 bits per heavy atom. The number of carboxylic acid groups (broad SMARTS) is 1. The van der Waals surface area contributed by atoms with E-state index in [0.29, 0.717) is 6.42 Å². The van der Waals surface area contributed by atoms with Gasteiger partial charge >= 0.3 is 5.97 Å². The van der Waals surface area contributed by atoms with Gasteiger partial charge in [-0.1, -0.05) is 25.3 Å². The molecule has 0 heterocycles. The van der Waals surface area contributed by atoms with Crippen LogP contribution in [0.1, 0.15) is 37.7 Å². The van der Waals surface area contributed by atoms with E-state index in [9.17, 15) is 18.7 Å². The van der Waals surface area contributed by atoms with Crippen molar-refractivity contribution in [2.75, 3.05) is 0 Å². The fraction of sp³-hybridized carbons (Fsp3) is 0.533. The molecule has 1 aliphatic carbocycles. The SMILES string of the molecule is O=C(O)C1CCCCCC1Cc1c(F)cccc1F. The van der Waals surface area contributed by atoms with E-state index in [1.165, 1.54) is 18.2 Å². The maximum absolute atomic E-state index is 13.6. The van der Waals surface area contributed by atoms with Crippen LogP contribution in [0.2, 0.25) is 0 Å². The molecule has 2 nitrogen and oxygen atoms in total. The second-order valence-corrected chi connectivity index (χ2v) is 5.25. The topological polar surface area (TPSA) is 37.3 Å². The van der Waals surface area contributed by atoms with E-state index in [0.717, 1.165) is 25.7 Å². The Morgan fingerprint density at radius 3 is 2.42 bits per heavy atom. The zero-order chi connectivity index (χ0) is 13.8. The van der Waals surface area contributed by atoms with Gasteiger partial charge in [-0.2, -0.15) is 0 Å². The fourth-order valence-electron chi connectivity index (χ4n) is 2.94. The third-order valence-corrected chi connectivity index (χ3v) is 4.00. The summed E-state index contributed by atoms with van der Waals surface area (Å²) >= 11 is 0. The van der Waals surface area contributed by atoms with E-state index in [1.807, 2.05) is 0 Å². The Bertz CT molecular complexity index is 439. The van der Waals surface area contributed by atoms with Gasteiger partial charge in [0.15, 0.2) is 0 Å². The quantitative estimate of drug-likeness (QED) is 0.847. The van der Waals surface area contributed by atoms with Crippen LogP contribution in [0.15, 0.2) is 18.2 Å². The molecule has 104 valence electrons. The summed E-state index contributed by atoms with van der Waals surface area (Å²) in [5.74, 6) is -2.65. The van der Waals surface area contributed by atoms with Crippen LogP contribution in [-0.2, 0) is 11.2 Å². The fourth-order valence-corrected chi connectivity index (χ4v) is 2.94. The molecule has 19 heavy (non-hydrogen) atoms. The summed E-state index contributed by atoms with van der Waals surface area (Å²) in [4.78, 5) is 11.3. The summed E-state index contributed by atoms with van der Waals surface area (Å²) in [6, 6.07) is 3.78. The van der Waals surface area contributed by atoms with Crippen LogP contribution in [0.25, 0.3) is 0 Å². The van der Waals surface area contributed by atoms with Crippen LogP contribution in [0.3, 0.4) is 0 Å². The lowest BCUT2D eigenvalue weighted by atomic mass is 9.83. The third-order valence-electron chi connectivity index (χ3n) is 4.00. The average Bonchev–Trinajstić information content (AvgIpc) is 2.59. The highest BCUT2D eigenvalue weighted by Gasteiger charge is 2.30. The third kappa shape index (κ3) is 3.31. The van der Waals surface area contributed by atoms with Crippen molar-refractivity contribution in [2.45, 2.75) is 38.5 Å². The van der Waals surface area contributed by atoms with Gasteiger partial charge in [-0.3, -0.25) is 4.79 Å². The van der Waals surface area contributed by atoms with Crippen molar-refractivity contribution in [1.82, 2.24) is 0 Å². The first-order valence-electron chi connectivity index (χ1n) is 6.75. The van der Waals surface area contributed by atoms with Gasteiger partial charge < -0.3 is 5.11 Å². The molecule has 1 saturated carbocycles. The molecule has 1 aliphatic rings. The monoisotopic (exact) mass is 268 g/mol. The zero-order valence-electron chi connectivity index (χ0n) is 10.7. The van der Waals surface area contributed by atoms with E-state index >= 15 is 0 Å².